The normalized spacial score (nSPS) is 19.3. The molecule has 5 unspecified atom stereocenters. The first kappa shape index (κ1) is 28.3. The Morgan fingerprint density at radius 1 is 1.09 bits per heavy atom. The van der Waals surface area contributed by atoms with Crippen LogP contribution in [0, 0.1) is 0 Å². The molecule has 0 spiro atoms. The number of nitrogens with two attached hydrogens (primary N) is 2. The summed E-state index contributed by atoms with van der Waals surface area (Å²) in [4.78, 5) is 61.6. The summed E-state index contributed by atoms with van der Waals surface area (Å²) in [7, 11) is 0. The van der Waals surface area contributed by atoms with Crippen LogP contribution in [0.4, 0.5) is 0 Å². The lowest BCUT2D eigenvalue weighted by atomic mass is 10.1. The number of rotatable bonds is 14. The topological polar surface area (TPSA) is 225 Å². The van der Waals surface area contributed by atoms with Crippen molar-refractivity contribution in [2.24, 2.45) is 11.5 Å². The van der Waals surface area contributed by atoms with Crippen LogP contribution in [-0.2, 0) is 24.0 Å². The van der Waals surface area contributed by atoms with Gasteiger partial charge in [0.25, 0.3) is 0 Å². The third kappa shape index (κ3) is 8.94. The summed E-state index contributed by atoms with van der Waals surface area (Å²) in [5.41, 5.74) is 11.3. The number of unbranched alkanes of at least 4 members (excludes halogenated alkanes) is 1. The molecule has 0 aromatic rings. The summed E-state index contributed by atoms with van der Waals surface area (Å²) >= 11 is 0. The monoisotopic (exact) mass is 473 g/mol. The van der Waals surface area contributed by atoms with Crippen LogP contribution in [0.2, 0.25) is 0 Å². The highest BCUT2D eigenvalue weighted by molar-refractivity contribution is 5.94. The molecular formula is C20H35N5O8. The maximum absolute atomic E-state index is 13.2. The Morgan fingerprint density at radius 2 is 1.76 bits per heavy atom. The lowest BCUT2D eigenvalue weighted by molar-refractivity contribution is -0.147. The predicted octanol–water partition coefficient (Wildman–Crippen LogP) is -2.27. The summed E-state index contributed by atoms with van der Waals surface area (Å²) in [6.45, 7) is 1.85. The Kier molecular flexibility index (Phi) is 11.7. The van der Waals surface area contributed by atoms with Crippen LogP contribution in [0.3, 0.4) is 0 Å². The number of carbonyl (C=O) groups is 5. The lowest BCUT2D eigenvalue weighted by Gasteiger charge is -2.30. The lowest BCUT2D eigenvalue weighted by Crippen LogP contribution is -2.57. The molecular weight excluding hydrogens is 438 g/mol. The molecule has 9 N–H and O–H groups in total. The molecule has 33 heavy (non-hydrogen) atoms. The third-order valence-electron chi connectivity index (χ3n) is 5.45. The van der Waals surface area contributed by atoms with E-state index in [0.717, 1.165) is 0 Å². The number of likely N-dealkylation sites (tertiary alicyclic amines) is 1. The van der Waals surface area contributed by atoms with E-state index in [2.05, 4.69) is 10.6 Å². The SMILES string of the molecule is CC(O)C(NC(=O)C1CCCN1C(=O)C(CCCCN)NC(=O)C(N)CCC(=O)O)C(=O)O. The maximum atomic E-state index is 13.2. The molecule has 1 heterocycles. The Labute approximate surface area is 191 Å². The van der Waals surface area contributed by atoms with Crippen LogP contribution >= 0.6 is 0 Å². The molecule has 1 saturated heterocycles. The zero-order valence-electron chi connectivity index (χ0n) is 18.7. The average molecular weight is 474 g/mol. The van der Waals surface area contributed by atoms with Crippen LogP contribution in [0.25, 0.3) is 0 Å². The quantitative estimate of drug-likeness (QED) is 0.134. The van der Waals surface area contributed by atoms with Crippen LogP contribution in [0.15, 0.2) is 0 Å². The van der Waals surface area contributed by atoms with Crippen molar-refractivity contribution in [2.45, 2.75) is 82.1 Å². The van der Waals surface area contributed by atoms with Gasteiger partial charge in [0.15, 0.2) is 6.04 Å². The molecule has 0 aliphatic carbocycles. The van der Waals surface area contributed by atoms with Gasteiger partial charge in [0.1, 0.15) is 12.1 Å². The highest BCUT2D eigenvalue weighted by Crippen LogP contribution is 2.20. The predicted molar refractivity (Wildman–Crippen MR) is 116 cm³/mol. The zero-order valence-corrected chi connectivity index (χ0v) is 18.7. The highest BCUT2D eigenvalue weighted by Gasteiger charge is 2.39. The fourth-order valence-corrected chi connectivity index (χ4v) is 3.58. The van der Waals surface area contributed by atoms with Crippen LogP contribution in [-0.4, -0.2) is 93.2 Å². The number of carbonyl (C=O) groups excluding carboxylic acids is 3. The third-order valence-corrected chi connectivity index (χ3v) is 5.45. The van der Waals surface area contributed by atoms with Crippen LogP contribution in [0.1, 0.15) is 51.9 Å². The molecule has 5 atom stereocenters. The molecule has 13 nitrogen and oxygen atoms in total. The van der Waals surface area contributed by atoms with Gasteiger partial charge in [-0.15, -0.1) is 0 Å². The van der Waals surface area contributed by atoms with Gasteiger partial charge in [-0.1, -0.05) is 0 Å². The number of amides is 3. The van der Waals surface area contributed by atoms with Gasteiger partial charge in [0.2, 0.25) is 17.7 Å². The molecule has 1 fully saturated rings. The van der Waals surface area contributed by atoms with E-state index in [9.17, 15) is 34.2 Å². The number of nitrogens with one attached hydrogen (secondary N) is 2. The van der Waals surface area contributed by atoms with Gasteiger partial charge in [-0.25, -0.2) is 4.79 Å². The minimum atomic E-state index is -1.53. The van der Waals surface area contributed by atoms with Crippen LogP contribution < -0.4 is 22.1 Å². The fourth-order valence-electron chi connectivity index (χ4n) is 3.58. The van der Waals surface area contributed by atoms with E-state index in [4.69, 9.17) is 16.6 Å². The molecule has 1 aliphatic rings. The van der Waals surface area contributed by atoms with Crippen molar-refractivity contribution < 1.29 is 39.3 Å². The first-order valence-corrected chi connectivity index (χ1v) is 11.0. The standard InChI is InChI=1S/C20H35N5O8/c1-11(26)16(20(32)33)24-18(30)14-6-4-10-25(14)19(31)13(5-2-3-9-21)23-17(29)12(22)7-8-15(27)28/h11-14,16,26H,2-10,21-22H2,1H3,(H,23,29)(H,24,30)(H,27,28)(H,32,33). The molecule has 3 amide bonds. The Morgan fingerprint density at radius 3 is 2.30 bits per heavy atom. The zero-order chi connectivity index (χ0) is 25.1. The minimum Gasteiger partial charge on any atom is -0.481 e. The minimum absolute atomic E-state index is 0.102. The molecule has 0 aromatic heterocycles. The van der Waals surface area contributed by atoms with E-state index < -0.39 is 59.9 Å². The van der Waals surface area contributed by atoms with E-state index >= 15 is 0 Å². The van der Waals surface area contributed by atoms with E-state index in [1.807, 2.05) is 0 Å². The summed E-state index contributed by atoms with van der Waals surface area (Å²) in [6.07, 6.45) is 0.410. The van der Waals surface area contributed by atoms with Crippen molar-refractivity contribution in [1.29, 1.82) is 0 Å². The van der Waals surface area contributed by atoms with Crippen molar-refractivity contribution in [3.63, 3.8) is 0 Å². The molecule has 0 saturated carbocycles. The fraction of sp³-hybridized carbons (Fsp3) is 0.750. The molecule has 13 heteroatoms. The average Bonchev–Trinajstić information content (AvgIpc) is 3.23. The summed E-state index contributed by atoms with van der Waals surface area (Å²) in [6, 6.07) is -4.60. The number of hydrogen-bond acceptors (Lipinski definition) is 8. The number of aliphatic hydroxyl groups excluding tert-OH is 1. The Bertz CT molecular complexity index is 717. The van der Waals surface area contributed by atoms with Gasteiger partial charge in [0, 0.05) is 13.0 Å². The smallest absolute Gasteiger partial charge is 0.328 e. The Hall–Kier alpha value is -2.77. The van der Waals surface area contributed by atoms with Crippen LogP contribution in [0.5, 0.6) is 0 Å². The van der Waals surface area contributed by atoms with Gasteiger partial charge in [-0.05, 0) is 52.0 Å². The largest absolute Gasteiger partial charge is 0.481 e. The second kappa shape index (κ2) is 13.7. The number of nitrogens with zero attached hydrogens (tertiary/aromatic N) is 1. The van der Waals surface area contributed by atoms with Gasteiger partial charge in [-0.3, -0.25) is 19.2 Å². The first-order chi connectivity index (χ1) is 15.5. The molecule has 0 radical (unpaired) electrons. The second-order valence-corrected chi connectivity index (χ2v) is 8.14. The number of hydrogen-bond donors (Lipinski definition) is 7. The van der Waals surface area contributed by atoms with Crippen molar-refractivity contribution in [3.05, 3.63) is 0 Å². The maximum Gasteiger partial charge on any atom is 0.328 e. The van der Waals surface area contributed by atoms with E-state index in [-0.39, 0.29) is 25.8 Å². The number of carboxylic acids is 2. The van der Waals surface area contributed by atoms with Crippen molar-refractivity contribution in [1.82, 2.24) is 15.5 Å². The van der Waals surface area contributed by atoms with Gasteiger partial charge < -0.3 is 42.3 Å². The number of aliphatic hydroxyl groups is 1. The number of aliphatic carboxylic acids is 2. The van der Waals surface area contributed by atoms with Gasteiger partial charge >= 0.3 is 11.9 Å². The second-order valence-electron chi connectivity index (χ2n) is 8.14. The summed E-state index contributed by atoms with van der Waals surface area (Å²) < 4.78 is 0. The Balaban J connectivity index is 2.93. The number of carboxylic acid groups (broad SMARTS) is 2. The highest BCUT2D eigenvalue weighted by atomic mass is 16.4. The van der Waals surface area contributed by atoms with Gasteiger partial charge in [-0.2, -0.15) is 0 Å². The summed E-state index contributed by atoms with van der Waals surface area (Å²) in [5, 5.41) is 32.4. The van der Waals surface area contributed by atoms with Crippen molar-refractivity contribution >= 4 is 29.7 Å². The molecule has 188 valence electrons. The first-order valence-electron chi connectivity index (χ1n) is 11.0. The van der Waals surface area contributed by atoms with Crippen molar-refractivity contribution in [3.8, 4) is 0 Å². The van der Waals surface area contributed by atoms with Gasteiger partial charge in [0.05, 0.1) is 12.1 Å². The molecule has 1 aliphatic heterocycles. The molecule has 0 bridgehead atoms. The van der Waals surface area contributed by atoms with E-state index in [0.29, 0.717) is 32.2 Å². The summed E-state index contributed by atoms with van der Waals surface area (Å²) in [5.74, 6) is -4.41. The van der Waals surface area contributed by atoms with E-state index in [1.165, 1.54) is 11.8 Å². The molecule has 0 aromatic carbocycles. The van der Waals surface area contributed by atoms with Crippen molar-refractivity contribution in [2.75, 3.05) is 13.1 Å². The van der Waals surface area contributed by atoms with E-state index in [1.54, 1.807) is 0 Å². The molecule has 1 rings (SSSR count).